The van der Waals surface area contributed by atoms with Crippen LogP contribution < -0.4 is 10.5 Å². The average Bonchev–Trinajstić information content (AvgIpc) is 2.81. The van der Waals surface area contributed by atoms with E-state index < -0.39 is 0 Å². The monoisotopic (exact) mass is 296 g/mol. The molecule has 0 radical (unpaired) electrons. The van der Waals surface area contributed by atoms with Crippen LogP contribution in [0.4, 0.5) is 0 Å². The highest BCUT2D eigenvalue weighted by molar-refractivity contribution is 7.11. The van der Waals surface area contributed by atoms with Crippen LogP contribution in [-0.4, -0.2) is 4.98 Å². The number of hydrogen-bond acceptors (Lipinski definition) is 4. The molecule has 2 N–H and O–H groups in total. The zero-order valence-corrected chi connectivity index (χ0v) is 12.6. The minimum atomic E-state index is 0.379. The third-order valence-electron chi connectivity index (χ3n) is 2.69. The molecule has 0 fully saturated rings. The molecular weight excluding hydrogens is 280 g/mol. The minimum Gasteiger partial charge on any atom is -0.485 e. The lowest BCUT2D eigenvalue weighted by Gasteiger charge is -2.05. The van der Waals surface area contributed by atoms with Gasteiger partial charge in [0.05, 0.1) is 10.7 Å². The van der Waals surface area contributed by atoms with E-state index in [1.165, 1.54) is 0 Å². The van der Waals surface area contributed by atoms with Crippen LogP contribution in [-0.2, 0) is 13.2 Å². The lowest BCUT2D eigenvalue weighted by molar-refractivity contribution is 0.305. The van der Waals surface area contributed by atoms with E-state index in [1.54, 1.807) is 11.3 Å². The maximum atomic E-state index is 6.04. The van der Waals surface area contributed by atoms with E-state index in [9.17, 15) is 0 Å². The number of rotatable bonds is 5. The summed E-state index contributed by atoms with van der Waals surface area (Å²) < 4.78 is 5.69. The van der Waals surface area contributed by atoms with Crippen LogP contribution in [0.25, 0.3) is 0 Å². The zero-order valence-electron chi connectivity index (χ0n) is 11.0. The molecule has 2 aromatic rings. The fraction of sp³-hybridized carbons (Fsp3) is 0.357. The molecule has 0 saturated carbocycles. The van der Waals surface area contributed by atoms with E-state index in [2.05, 4.69) is 18.8 Å². The number of nitrogens with two attached hydrogens (primary N) is 1. The summed E-state index contributed by atoms with van der Waals surface area (Å²) in [6.45, 7) is 5.19. The van der Waals surface area contributed by atoms with Gasteiger partial charge in [-0.3, -0.25) is 0 Å². The molecule has 0 atom stereocenters. The molecular formula is C14H17ClN2OS. The highest BCUT2D eigenvalue weighted by atomic mass is 35.5. The predicted molar refractivity (Wildman–Crippen MR) is 79.9 cm³/mol. The first-order valence-electron chi connectivity index (χ1n) is 6.17. The molecule has 2 rings (SSSR count). The molecule has 1 heterocycles. The quantitative estimate of drug-likeness (QED) is 0.908. The van der Waals surface area contributed by atoms with Crippen molar-refractivity contribution in [2.45, 2.75) is 32.9 Å². The van der Waals surface area contributed by atoms with Crippen molar-refractivity contribution >= 4 is 22.9 Å². The van der Waals surface area contributed by atoms with Gasteiger partial charge in [-0.25, -0.2) is 4.98 Å². The van der Waals surface area contributed by atoms with Crippen LogP contribution in [0.3, 0.4) is 0 Å². The molecule has 19 heavy (non-hydrogen) atoms. The highest BCUT2D eigenvalue weighted by Gasteiger charge is 2.13. The first-order chi connectivity index (χ1) is 9.11. The fourth-order valence-corrected chi connectivity index (χ4v) is 2.98. The second-order valence-corrected chi connectivity index (χ2v) is 6.07. The lowest BCUT2D eigenvalue weighted by atomic mass is 10.1. The molecule has 1 aromatic carbocycles. The summed E-state index contributed by atoms with van der Waals surface area (Å²) in [6, 6.07) is 7.43. The summed E-state index contributed by atoms with van der Waals surface area (Å²) in [6.07, 6.45) is 0. The van der Waals surface area contributed by atoms with E-state index in [-0.39, 0.29) is 0 Å². The van der Waals surface area contributed by atoms with Gasteiger partial charge in [-0.2, -0.15) is 0 Å². The molecule has 0 aliphatic rings. The Kier molecular flexibility index (Phi) is 4.80. The van der Waals surface area contributed by atoms with Gasteiger partial charge in [0.25, 0.3) is 0 Å². The number of hydrogen-bond donors (Lipinski definition) is 1. The van der Waals surface area contributed by atoms with Crippen LogP contribution in [0, 0.1) is 0 Å². The molecule has 0 aliphatic carbocycles. The van der Waals surface area contributed by atoms with Gasteiger partial charge in [0.15, 0.2) is 0 Å². The number of halogens is 1. The van der Waals surface area contributed by atoms with Crippen molar-refractivity contribution in [3.05, 3.63) is 44.9 Å². The van der Waals surface area contributed by atoms with Gasteiger partial charge in [0, 0.05) is 11.4 Å². The van der Waals surface area contributed by atoms with E-state index in [1.807, 2.05) is 24.3 Å². The molecule has 0 amide bonds. The Hall–Kier alpha value is -1.10. The number of benzene rings is 1. The lowest BCUT2D eigenvalue weighted by Crippen LogP contribution is -2.00. The van der Waals surface area contributed by atoms with Crippen LogP contribution >= 0.6 is 22.9 Å². The summed E-state index contributed by atoms with van der Waals surface area (Å²) in [5.41, 5.74) is 6.82. The van der Waals surface area contributed by atoms with E-state index in [0.29, 0.717) is 29.8 Å². The van der Waals surface area contributed by atoms with Crippen molar-refractivity contribution in [1.82, 2.24) is 4.98 Å². The molecule has 0 aliphatic heterocycles. The molecule has 0 unspecified atom stereocenters. The van der Waals surface area contributed by atoms with Crippen molar-refractivity contribution in [1.29, 1.82) is 0 Å². The van der Waals surface area contributed by atoms with Crippen molar-refractivity contribution in [2.75, 3.05) is 0 Å². The molecule has 102 valence electrons. The van der Waals surface area contributed by atoms with Gasteiger partial charge >= 0.3 is 0 Å². The molecule has 0 bridgehead atoms. The summed E-state index contributed by atoms with van der Waals surface area (Å²) in [5.74, 6) is 1.06. The van der Waals surface area contributed by atoms with Crippen molar-refractivity contribution in [2.24, 2.45) is 5.73 Å². The summed E-state index contributed by atoms with van der Waals surface area (Å²) >= 11 is 7.65. The molecule has 0 saturated heterocycles. The van der Waals surface area contributed by atoms with Gasteiger partial charge < -0.3 is 10.5 Å². The van der Waals surface area contributed by atoms with E-state index in [0.717, 1.165) is 15.6 Å². The van der Waals surface area contributed by atoms with Crippen LogP contribution in [0.2, 0.25) is 5.02 Å². The number of thiazole rings is 1. The van der Waals surface area contributed by atoms with Crippen LogP contribution in [0.5, 0.6) is 5.75 Å². The predicted octanol–water partition coefficient (Wildman–Crippen LogP) is 3.96. The van der Waals surface area contributed by atoms with Gasteiger partial charge in [0.2, 0.25) is 0 Å². The third kappa shape index (κ3) is 3.47. The first kappa shape index (κ1) is 14.3. The SMILES string of the molecule is CC(C)c1nc(COc2ccccc2Cl)sc1CN. The number of aromatic nitrogens is 1. The van der Waals surface area contributed by atoms with Gasteiger partial charge in [-0.15, -0.1) is 11.3 Å². The number of para-hydroxylation sites is 1. The maximum absolute atomic E-state index is 6.04. The van der Waals surface area contributed by atoms with E-state index in [4.69, 9.17) is 22.1 Å². The summed E-state index contributed by atoms with van der Waals surface area (Å²) in [5, 5.41) is 1.55. The van der Waals surface area contributed by atoms with Crippen LogP contribution in [0.1, 0.15) is 35.3 Å². The Balaban J connectivity index is 2.10. The van der Waals surface area contributed by atoms with Crippen molar-refractivity contribution in [3.8, 4) is 5.75 Å². The molecule has 5 heteroatoms. The Bertz CT molecular complexity index is 554. The van der Waals surface area contributed by atoms with Crippen molar-refractivity contribution < 1.29 is 4.74 Å². The second kappa shape index (κ2) is 6.37. The average molecular weight is 297 g/mol. The smallest absolute Gasteiger partial charge is 0.140 e. The fourth-order valence-electron chi connectivity index (χ4n) is 1.77. The summed E-state index contributed by atoms with van der Waals surface area (Å²) in [7, 11) is 0. The largest absolute Gasteiger partial charge is 0.485 e. The first-order valence-corrected chi connectivity index (χ1v) is 7.37. The third-order valence-corrected chi connectivity index (χ3v) is 4.07. The van der Waals surface area contributed by atoms with E-state index >= 15 is 0 Å². The Morgan fingerprint density at radius 1 is 1.37 bits per heavy atom. The Morgan fingerprint density at radius 2 is 2.11 bits per heavy atom. The van der Waals surface area contributed by atoms with Crippen molar-refractivity contribution in [3.63, 3.8) is 0 Å². The second-order valence-electron chi connectivity index (χ2n) is 4.49. The van der Waals surface area contributed by atoms with Gasteiger partial charge in [-0.1, -0.05) is 37.6 Å². The maximum Gasteiger partial charge on any atom is 0.140 e. The molecule has 0 spiro atoms. The molecule has 3 nitrogen and oxygen atoms in total. The molecule has 1 aromatic heterocycles. The normalized spacial score (nSPS) is 11.0. The van der Waals surface area contributed by atoms with Crippen LogP contribution in [0.15, 0.2) is 24.3 Å². The standard InChI is InChI=1S/C14H17ClN2OS/c1-9(2)14-12(7-16)19-13(17-14)8-18-11-6-4-3-5-10(11)15/h3-6,9H,7-8,16H2,1-2H3. The minimum absolute atomic E-state index is 0.379. The number of nitrogens with zero attached hydrogens (tertiary/aromatic N) is 1. The Morgan fingerprint density at radius 3 is 2.68 bits per heavy atom. The summed E-state index contributed by atoms with van der Waals surface area (Å²) in [4.78, 5) is 5.73. The Labute approximate surface area is 122 Å². The van der Waals surface area contributed by atoms with Gasteiger partial charge in [-0.05, 0) is 18.1 Å². The van der Waals surface area contributed by atoms with Gasteiger partial charge in [0.1, 0.15) is 17.4 Å². The number of ether oxygens (including phenoxy) is 1. The topological polar surface area (TPSA) is 48.1 Å². The zero-order chi connectivity index (χ0) is 13.8. The highest BCUT2D eigenvalue weighted by Crippen LogP contribution is 2.27.